The molecule has 0 aliphatic carbocycles. The smallest absolute Gasteiger partial charge is 0.330 e. The van der Waals surface area contributed by atoms with Crippen LogP contribution in [0.15, 0.2) is 58.1 Å². The van der Waals surface area contributed by atoms with E-state index in [0.717, 1.165) is 5.56 Å². The highest BCUT2D eigenvalue weighted by Crippen LogP contribution is 2.29. The van der Waals surface area contributed by atoms with E-state index in [2.05, 4.69) is 4.98 Å². The summed E-state index contributed by atoms with van der Waals surface area (Å²) in [5, 5.41) is 0. The average molecular weight is 480 g/mol. The van der Waals surface area contributed by atoms with E-state index in [0.29, 0.717) is 11.3 Å². The van der Waals surface area contributed by atoms with Crippen molar-refractivity contribution >= 4 is 29.0 Å². The van der Waals surface area contributed by atoms with Gasteiger partial charge in [0.25, 0.3) is 5.56 Å². The van der Waals surface area contributed by atoms with Crippen molar-refractivity contribution in [3.63, 3.8) is 0 Å². The number of carbonyl (C=O) groups is 2. The molecule has 0 spiro atoms. The summed E-state index contributed by atoms with van der Waals surface area (Å²) in [4.78, 5) is 56.2. The third-order valence-corrected chi connectivity index (χ3v) is 6.19. The number of H-pyrrole nitrogens is 1. The second-order valence-corrected chi connectivity index (χ2v) is 8.49. The lowest BCUT2D eigenvalue weighted by Crippen LogP contribution is -2.44. The van der Waals surface area contributed by atoms with Gasteiger partial charge in [-0.3, -0.25) is 23.9 Å². The van der Waals surface area contributed by atoms with Crippen LogP contribution in [0.1, 0.15) is 24.5 Å². The number of nitrogens with zero attached hydrogens (tertiary/aromatic N) is 3. The number of nitrogens with one attached hydrogen (secondary N) is 1. The summed E-state index contributed by atoms with van der Waals surface area (Å²) in [7, 11) is 0. The van der Waals surface area contributed by atoms with Gasteiger partial charge >= 0.3 is 5.69 Å². The van der Waals surface area contributed by atoms with E-state index in [-0.39, 0.29) is 43.5 Å². The van der Waals surface area contributed by atoms with Crippen molar-refractivity contribution in [2.24, 2.45) is 5.92 Å². The largest absolute Gasteiger partial charge is 0.383 e. The maximum absolute atomic E-state index is 14.0. The Bertz CT molecular complexity index is 1400. The van der Waals surface area contributed by atoms with Crippen LogP contribution in [0.3, 0.4) is 0 Å². The third kappa shape index (κ3) is 4.59. The fourth-order valence-electron chi connectivity index (χ4n) is 4.28. The van der Waals surface area contributed by atoms with Gasteiger partial charge in [-0.05, 0) is 37.1 Å². The van der Waals surface area contributed by atoms with Crippen LogP contribution in [0.4, 0.5) is 21.6 Å². The van der Waals surface area contributed by atoms with E-state index in [9.17, 15) is 23.6 Å². The Kier molecular flexibility index (Phi) is 6.54. The number of hydrogen-bond acceptors (Lipinski definition) is 5. The Morgan fingerprint density at radius 1 is 1.17 bits per heavy atom. The maximum atomic E-state index is 14.0. The zero-order valence-corrected chi connectivity index (χ0v) is 19.5. The van der Waals surface area contributed by atoms with Crippen molar-refractivity contribution in [2.75, 3.05) is 28.6 Å². The fraction of sp³-hybridized carbons (Fsp3) is 0.280. The van der Waals surface area contributed by atoms with Crippen molar-refractivity contribution in [3.8, 4) is 0 Å². The number of amides is 2. The van der Waals surface area contributed by atoms with Crippen molar-refractivity contribution in [1.82, 2.24) is 9.55 Å². The molecule has 1 atom stereocenters. The predicted octanol–water partition coefficient (Wildman–Crippen LogP) is 2.02. The number of hydrogen-bond donors (Lipinski definition) is 2. The molecule has 4 rings (SSSR count). The highest BCUT2D eigenvalue weighted by Gasteiger charge is 2.38. The molecule has 0 saturated carbocycles. The summed E-state index contributed by atoms with van der Waals surface area (Å²) in [6, 6.07) is 13.5. The molecule has 0 radical (unpaired) electrons. The van der Waals surface area contributed by atoms with Gasteiger partial charge < -0.3 is 15.5 Å². The Balaban J connectivity index is 1.64. The van der Waals surface area contributed by atoms with Gasteiger partial charge in [0.05, 0.1) is 12.5 Å². The lowest BCUT2D eigenvalue weighted by atomic mass is 10.1. The van der Waals surface area contributed by atoms with Gasteiger partial charge in [0, 0.05) is 25.2 Å². The standard InChI is InChI=1S/C25H26FN5O4/c1-3-29(21-22(27)31(25(35)28-23(21)33)13-16-7-5-4-6-8-16)24(34)17-11-20(32)30(14-17)18-10-9-15(2)19(26)12-18/h4-10,12,17H,3,11,13-14,27H2,1-2H3,(H,28,33,35)/t17-/m0/s1. The number of nitrogens with two attached hydrogens (primary N) is 1. The van der Waals surface area contributed by atoms with E-state index >= 15 is 0 Å². The van der Waals surface area contributed by atoms with Crippen molar-refractivity contribution in [1.29, 1.82) is 0 Å². The van der Waals surface area contributed by atoms with Crippen LogP contribution in [0.25, 0.3) is 0 Å². The van der Waals surface area contributed by atoms with Crippen LogP contribution >= 0.6 is 0 Å². The molecule has 1 aromatic heterocycles. The van der Waals surface area contributed by atoms with Crippen molar-refractivity contribution < 1.29 is 14.0 Å². The number of aryl methyl sites for hydroxylation is 1. The second kappa shape index (κ2) is 9.57. The van der Waals surface area contributed by atoms with Gasteiger partial charge in [0.15, 0.2) is 5.69 Å². The Hall–Kier alpha value is -4.21. The number of aromatic amines is 1. The number of nitrogen functional groups attached to an aromatic ring is 1. The van der Waals surface area contributed by atoms with Crippen LogP contribution in [0.5, 0.6) is 0 Å². The van der Waals surface area contributed by atoms with Crippen LogP contribution in [-0.4, -0.2) is 34.5 Å². The summed E-state index contributed by atoms with van der Waals surface area (Å²) in [5.41, 5.74) is 6.25. The molecule has 9 nitrogen and oxygen atoms in total. The number of halogens is 1. The molecular formula is C25H26FN5O4. The van der Waals surface area contributed by atoms with Crippen molar-refractivity contribution in [2.45, 2.75) is 26.8 Å². The molecule has 2 amide bonds. The van der Waals surface area contributed by atoms with Gasteiger partial charge in [-0.1, -0.05) is 36.4 Å². The molecule has 0 bridgehead atoms. The number of aromatic nitrogens is 2. The van der Waals surface area contributed by atoms with Crippen LogP contribution < -0.4 is 26.8 Å². The van der Waals surface area contributed by atoms with E-state index < -0.39 is 28.9 Å². The highest BCUT2D eigenvalue weighted by molar-refractivity contribution is 6.05. The summed E-state index contributed by atoms with van der Waals surface area (Å²) < 4.78 is 15.2. The second-order valence-electron chi connectivity index (χ2n) is 8.49. The van der Waals surface area contributed by atoms with Gasteiger partial charge in [-0.25, -0.2) is 9.18 Å². The van der Waals surface area contributed by atoms with E-state index in [1.165, 1.54) is 20.4 Å². The average Bonchev–Trinajstić information content (AvgIpc) is 3.23. The maximum Gasteiger partial charge on any atom is 0.330 e. The summed E-state index contributed by atoms with van der Waals surface area (Å²) in [6.07, 6.45) is -0.0910. The first-order valence-corrected chi connectivity index (χ1v) is 11.3. The minimum absolute atomic E-state index is 0.0398. The van der Waals surface area contributed by atoms with Gasteiger partial charge in [0.2, 0.25) is 11.8 Å². The molecule has 1 aliphatic rings. The molecule has 0 unspecified atom stereocenters. The van der Waals surface area contributed by atoms with E-state index in [4.69, 9.17) is 5.73 Å². The normalized spacial score (nSPS) is 15.5. The lowest BCUT2D eigenvalue weighted by Gasteiger charge is -2.25. The van der Waals surface area contributed by atoms with Crippen LogP contribution in [-0.2, 0) is 16.1 Å². The molecule has 10 heteroatoms. The summed E-state index contributed by atoms with van der Waals surface area (Å²) >= 11 is 0. The Labute approximate surface area is 200 Å². The van der Waals surface area contributed by atoms with E-state index in [1.54, 1.807) is 26.0 Å². The number of benzene rings is 2. The first kappa shape index (κ1) is 23.9. The summed E-state index contributed by atoms with van der Waals surface area (Å²) in [5.74, 6) is -2.14. The first-order valence-electron chi connectivity index (χ1n) is 11.3. The summed E-state index contributed by atoms with van der Waals surface area (Å²) in [6.45, 7) is 3.54. The zero-order valence-electron chi connectivity index (χ0n) is 19.5. The minimum atomic E-state index is -0.784. The number of anilines is 3. The molecule has 3 N–H and O–H groups in total. The topological polar surface area (TPSA) is 121 Å². The first-order chi connectivity index (χ1) is 16.7. The molecule has 2 heterocycles. The van der Waals surface area contributed by atoms with E-state index in [1.807, 2.05) is 30.3 Å². The fourth-order valence-corrected chi connectivity index (χ4v) is 4.28. The number of rotatable bonds is 6. The van der Waals surface area contributed by atoms with Gasteiger partial charge in [0.1, 0.15) is 11.6 Å². The molecular weight excluding hydrogens is 453 g/mol. The van der Waals surface area contributed by atoms with Gasteiger partial charge in [-0.2, -0.15) is 0 Å². The molecule has 1 aliphatic heterocycles. The molecule has 35 heavy (non-hydrogen) atoms. The minimum Gasteiger partial charge on any atom is -0.383 e. The third-order valence-electron chi connectivity index (χ3n) is 6.19. The molecule has 1 fully saturated rings. The monoisotopic (exact) mass is 479 g/mol. The van der Waals surface area contributed by atoms with Crippen LogP contribution in [0.2, 0.25) is 0 Å². The zero-order chi connectivity index (χ0) is 25.3. The Morgan fingerprint density at radius 2 is 1.89 bits per heavy atom. The highest BCUT2D eigenvalue weighted by atomic mass is 19.1. The quantitative estimate of drug-likeness (QED) is 0.560. The lowest BCUT2D eigenvalue weighted by molar-refractivity contribution is -0.124. The predicted molar refractivity (Wildman–Crippen MR) is 131 cm³/mol. The number of carbonyl (C=O) groups excluding carboxylic acids is 2. The molecule has 3 aromatic rings. The van der Waals surface area contributed by atoms with Gasteiger partial charge in [-0.15, -0.1) is 0 Å². The van der Waals surface area contributed by atoms with Crippen molar-refractivity contribution in [3.05, 3.63) is 86.3 Å². The molecule has 182 valence electrons. The molecule has 1 saturated heterocycles. The Morgan fingerprint density at radius 3 is 2.54 bits per heavy atom. The SMILES string of the molecule is CCN(C(=O)[C@H]1CC(=O)N(c2ccc(C)c(F)c2)C1)c1c(N)n(Cc2ccccc2)c(=O)[nH]c1=O. The molecule has 2 aromatic carbocycles. The van der Waals surface area contributed by atoms with Crippen LogP contribution in [0, 0.1) is 18.7 Å².